The van der Waals surface area contributed by atoms with Crippen LogP contribution in [0.25, 0.3) is 0 Å². The number of para-hydroxylation sites is 1. The fourth-order valence-electron chi connectivity index (χ4n) is 1.84. The maximum absolute atomic E-state index is 13.3. The number of nitrogens with one attached hydrogen (secondary N) is 1. The minimum atomic E-state index is -0.186. The molecule has 0 bridgehead atoms. The molecule has 1 aromatic rings. The summed E-state index contributed by atoms with van der Waals surface area (Å²) in [4.78, 5) is 2.34. The summed E-state index contributed by atoms with van der Waals surface area (Å²) in [6, 6.07) is 7.20. The average molecular weight is 224 g/mol. The van der Waals surface area contributed by atoms with Crippen molar-refractivity contribution < 1.29 is 4.39 Å². The Bertz CT molecular complexity index is 311. The molecule has 2 nitrogen and oxygen atoms in total. The second-order valence-electron chi connectivity index (χ2n) is 3.93. The van der Waals surface area contributed by atoms with Crippen LogP contribution in [0.1, 0.15) is 20.8 Å². The fourth-order valence-corrected chi connectivity index (χ4v) is 1.84. The van der Waals surface area contributed by atoms with E-state index in [-0.39, 0.29) is 5.82 Å². The zero-order chi connectivity index (χ0) is 12.0. The van der Waals surface area contributed by atoms with Crippen LogP contribution in [0.3, 0.4) is 0 Å². The summed E-state index contributed by atoms with van der Waals surface area (Å²) in [5, 5.41) is 3.15. The van der Waals surface area contributed by atoms with Crippen LogP contribution < -0.4 is 5.32 Å². The lowest BCUT2D eigenvalue weighted by Gasteiger charge is -2.26. The third-order valence-corrected chi connectivity index (χ3v) is 2.90. The first-order chi connectivity index (χ1) is 7.69. The van der Waals surface area contributed by atoms with Crippen LogP contribution in [0.4, 0.5) is 10.1 Å². The smallest absolute Gasteiger partial charge is 0.146 e. The van der Waals surface area contributed by atoms with Crippen LogP contribution in [-0.4, -0.2) is 30.6 Å². The van der Waals surface area contributed by atoms with Gasteiger partial charge in [-0.15, -0.1) is 0 Å². The summed E-state index contributed by atoms with van der Waals surface area (Å²) in [6.07, 6.45) is 0. The van der Waals surface area contributed by atoms with Crippen molar-refractivity contribution in [2.24, 2.45) is 0 Å². The maximum Gasteiger partial charge on any atom is 0.146 e. The molecule has 0 spiro atoms. The van der Waals surface area contributed by atoms with E-state index >= 15 is 0 Å². The lowest BCUT2D eigenvalue weighted by Crippen LogP contribution is -2.37. The number of rotatable bonds is 6. The molecule has 0 radical (unpaired) electrons. The number of hydrogen-bond donors (Lipinski definition) is 1. The number of halogens is 1. The van der Waals surface area contributed by atoms with Crippen molar-refractivity contribution in [3.05, 3.63) is 30.1 Å². The first kappa shape index (κ1) is 13.0. The molecule has 1 N–H and O–H groups in total. The highest BCUT2D eigenvalue weighted by molar-refractivity contribution is 5.44. The monoisotopic (exact) mass is 224 g/mol. The second kappa shape index (κ2) is 6.48. The predicted octanol–water partition coefficient (Wildman–Crippen LogP) is 2.97. The number of anilines is 1. The predicted molar refractivity (Wildman–Crippen MR) is 67.3 cm³/mol. The van der Waals surface area contributed by atoms with E-state index in [2.05, 4.69) is 31.0 Å². The van der Waals surface area contributed by atoms with Gasteiger partial charge in [0.25, 0.3) is 0 Å². The van der Waals surface area contributed by atoms with E-state index in [1.807, 2.05) is 6.07 Å². The minimum Gasteiger partial charge on any atom is -0.381 e. The van der Waals surface area contributed by atoms with Crippen LogP contribution >= 0.6 is 0 Å². The highest BCUT2D eigenvalue weighted by Gasteiger charge is 2.10. The normalized spacial score (nSPS) is 12.8. The quantitative estimate of drug-likeness (QED) is 0.799. The molecule has 0 saturated carbocycles. The highest BCUT2D eigenvalue weighted by atomic mass is 19.1. The van der Waals surface area contributed by atoms with Crippen LogP contribution in [0.5, 0.6) is 0 Å². The Morgan fingerprint density at radius 3 is 2.44 bits per heavy atom. The third-order valence-electron chi connectivity index (χ3n) is 2.90. The van der Waals surface area contributed by atoms with Crippen molar-refractivity contribution in [2.45, 2.75) is 26.8 Å². The Morgan fingerprint density at radius 2 is 1.88 bits per heavy atom. The molecule has 1 rings (SSSR count). The Hall–Kier alpha value is -1.09. The Morgan fingerprint density at radius 1 is 1.25 bits per heavy atom. The molecule has 1 aromatic carbocycles. The molecule has 0 saturated heterocycles. The van der Waals surface area contributed by atoms with Crippen molar-refractivity contribution in [2.75, 3.05) is 25.0 Å². The Kier molecular flexibility index (Phi) is 5.26. The van der Waals surface area contributed by atoms with Gasteiger partial charge in [-0.2, -0.15) is 0 Å². The van der Waals surface area contributed by atoms with E-state index in [0.29, 0.717) is 11.7 Å². The largest absolute Gasteiger partial charge is 0.381 e. The van der Waals surface area contributed by atoms with Gasteiger partial charge in [-0.3, -0.25) is 4.90 Å². The molecule has 1 unspecified atom stereocenters. The molecular formula is C13H21FN2. The molecule has 90 valence electrons. The number of hydrogen-bond acceptors (Lipinski definition) is 2. The van der Waals surface area contributed by atoms with Gasteiger partial charge >= 0.3 is 0 Å². The van der Waals surface area contributed by atoms with Gasteiger partial charge in [-0.05, 0) is 32.1 Å². The molecule has 0 aliphatic rings. The first-order valence-corrected chi connectivity index (χ1v) is 5.91. The van der Waals surface area contributed by atoms with E-state index in [0.717, 1.165) is 19.6 Å². The lowest BCUT2D eigenvalue weighted by molar-refractivity contribution is 0.240. The second-order valence-corrected chi connectivity index (χ2v) is 3.93. The van der Waals surface area contributed by atoms with E-state index in [4.69, 9.17) is 0 Å². The summed E-state index contributed by atoms with van der Waals surface area (Å²) in [6.45, 7) is 9.25. The summed E-state index contributed by atoms with van der Waals surface area (Å²) in [5.41, 5.74) is 0.585. The summed E-state index contributed by atoms with van der Waals surface area (Å²) in [5.74, 6) is -0.186. The highest BCUT2D eigenvalue weighted by Crippen LogP contribution is 2.12. The molecule has 1 atom stereocenters. The summed E-state index contributed by atoms with van der Waals surface area (Å²) < 4.78 is 13.3. The molecule has 0 aromatic heterocycles. The van der Waals surface area contributed by atoms with E-state index in [9.17, 15) is 4.39 Å². The van der Waals surface area contributed by atoms with Crippen LogP contribution in [0, 0.1) is 5.82 Å². The molecule has 3 heteroatoms. The first-order valence-electron chi connectivity index (χ1n) is 5.91. The Labute approximate surface area is 97.5 Å². The molecule has 0 fully saturated rings. The molecule has 0 heterocycles. The van der Waals surface area contributed by atoms with Gasteiger partial charge in [0.05, 0.1) is 5.69 Å². The summed E-state index contributed by atoms with van der Waals surface area (Å²) >= 11 is 0. The van der Waals surface area contributed by atoms with E-state index in [1.54, 1.807) is 12.1 Å². The fraction of sp³-hybridized carbons (Fsp3) is 0.538. The van der Waals surface area contributed by atoms with Crippen molar-refractivity contribution in [3.63, 3.8) is 0 Å². The standard InChI is InChI=1S/C13H21FN2/c1-4-16(5-2)11(3)10-15-13-9-7-6-8-12(13)14/h6-9,11,15H,4-5,10H2,1-3H3. The van der Waals surface area contributed by atoms with Crippen LogP contribution in [-0.2, 0) is 0 Å². The van der Waals surface area contributed by atoms with Crippen molar-refractivity contribution in [3.8, 4) is 0 Å². The Balaban J connectivity index is 2.48. The molecule has 0 amide bonds. The molecule has 16 heavy (non-hydrogen) atoms. The van der Waals surface area contributed by atoms with Gasteiger partial charge in [-0.25, -0.2) is 4.39 Å². The number of nitrogens with zero attached hydrogens (tertiary/aromatic N) is 1. The van der Waals surface area contributed by atoms with Gasteiger partial charge in [0.1, 0.15) is 5.82 Å². The summed E-state index contributed by atoms with van der Waals surface area (Å²) in [7, 11) is 0. The van der Waals surface area contributed by atoms with Crippen molar-refractivity contribution in [1.29, 1.82) is 0 Å². The van der Waals surface area contributed by atoms with Crippen LogP contribution in [0.2, 0.25) is 0 Å². The van der Waals surface area contributed by atoms with Gasteiger partial charge < -0.3 is 5.32 Å². The topological polar surface area (TPSA) is 15.3 Å². The van der Waals surface area contributed by atoms with Gasteiger partial charge in [0, 0.05) is 12.6 Å². The lowest BCUT2D eigenvalue weighted by atomic mass is 10.2. The van der Waals surface area contributed by atoms with Gasteiger partial charge in [-0.1, -0.05) is 26.0 Å². The maximum atomic E-state index is 13.3. The van der Waals surface area contributed by atoms with Crippen LogP contribution in [0.15, 0.2) is 24.3 Å². The van der Waals surface area contributed by atoms with E-state index < -0.39 is 0 Å². The molecule has 0 aliphatic heterocycles. The molecular weight excluding hydrogens is 203 g/mol. The van der Waals surface area contributed by atoms with Gasteiger partial charge in [0.2, 0.25) is 0 Å². The zero-order valence-electron chi connectivity index (χ0n) is 10.3. The number of likely N-dealkylation sites (N-methyl/N-ethyl adjacent to an activating group) is 1. The van der Waals surface area contributed by atoms with E-state index in [1.165, 1.54) is 6.07 Å². The molecule has 0 aliphatic carbocycles. The van der Waals surface area contributed by atoms with Crippen molar-refractivity contribution >= 4 is 5.69 Å². The zero-order valence-corrected chi connectivity index (χ0v) is 10.3. The third kappa shape index (κ3) is 3.49. The van der Waals surface area contributed by atoms with Gasteiger partial charge in [0.15, 0.2) is 0 Å². The number of benzene rings is 1. The van der Waals surface area contributed by atoms with Crippen molar-refractivity contribution in [1.82, 2.24) is 4.90 Å². The average Bonchev–Trinajstić information content (AvgIpc) is 2.29. The minimum absolute atomic E-state index is 0.186. The SMILES string of the molecule is CCN(CC)C(C)CNc1ccccc1F.